The van der Waals surface area contributed by atoms with Gasteiger partial charge < -0.3 is 10.2 Å². The lowest BCUT2D eigenvalue weighted by Crippen LogP contribution is -2.12. The Labute approximate surface area is 71.2 Å². The van der Waals surface area contributed by atoms with Gasteiger partial charge in [-0.15, -0.1) is 0 Å². The standard InChI is InChI=1S/C9H13NO2/c1-2-4-7(10)8-5-3-6-9(11)12-8/h3,5-7H,2,4,10H2,1H3/t7-/m1/s1. The predicted molar refractivity (Wildman–Crippen MR) is 46.8 cm³/mol. The van der Waals surface area contributed by atoms with Crippen molar-refractivity contribution >= 4 is 0 Å². The van der Waals surface area contributed by atoms with Gasteiger partial charge in [0.05, 0.1) is 6.04 Å². The quantitative estimate of drug-likeness (QED) is 0.741. The monoisotopic (exact) mass is 167 g/mol. The van der Waals surface area contributed by atoms with Crippen LogP contribution in [0.15, 0.2) is 27.4 Å². The summed E-state index contributed by atoms with van der Waals surface area (Å²) < 4.78 is 4.91. The van der Waals surface area contributed by atoms with Gasteiger partial charge >= 0.3 is 5.63 Å². The molecule has 1 heterocycles. The molecule has 0 radical (unpaired) electrons. The van der Waals surface area contributed by atoms with Gasteiger partial charge in [0.25, 0.3) is 0 Å². The number of hydrogen-bond donors (Lipinski definition) is 1. The Bertz CT molecular complexity index is 293. The molecule has 0 bridgehead atoms. The summed E-state index contributed by atoms with van der Waals surface area (Å²) in [5.74, 6) is 0.573. The molecule has 0 unspecified atom stereocenters. The smallest absolute Gasteiger partial charge is 0.335 e. The molecule has 1 aromatic rings. The van der Waals surface area contributed by atoms with Gasteiger partial charge in [0.15, 0.2) is 0 Å². The molecule has 0 aliphatic carbocycles. The van der Waals surface area contributed by atoms with Crippen LogP contribution in [0.5, 0.6) is 0 Å². The van der Waals surface area contributed by atoms with Crippen molar-refractivity contribution < 1.29 is 4.42 Å². The molecule has 1 atom stereocenters. The molecule has 1 rings (SSSR count). The number of rotatable bonds is 3. The maximum atomic E-state index is 10.8. The van der Waals surface area contributed by atoms with Crippen LogP contribution in [-0.4, -0.2) is 0 Å². The minimum Gasteiger partial charge on any atom is -0.426 e. The Balaban J connectivity index is 2.80. The van der Waals surface area contributed by atoms with E-state index in [1.165, 1.54) is 6.07 Å². The van der Waals surface area contributed by atoms with Gasteiger partial charge in [-0.05, 0) is 12.5 Å². The third-order valence-electron chi connectivity index (χ3n) is 1.68. The average molecular weight is 167 g/mol. The van der Waals surface area contributed by atoms with E-state index in [0.29, 0.717) is 5.76 Å². The van der Waals surface area contributed by atoms with E-state index in [-0.39, 0.29) is 11.7 Å². The fourth-order valence-electron chi connectivity index (χ4n) is 1.06. The lowest BCUT2D eigenvalue weighted by atomic mass is 10.1. The molecule has 0 fully saturated rings. The largest absolute Gasteiger partial charge is 0.426 e. The topological polar surface area (TPSA) is 56.2 Å². The first-order valence-electron chi connectivity index (χ1n) is 4.09. The van der Waals surface area contributed by atoms with Gasteiger partial charge in [-0.2, -0.15) is 0 Å². The summed E-state index contributed by atoms with van der Waals surface area (Å²) in [5, 5.41) is 0. The molecule has 66 valence electrons. The fraction of sp³-hybridized carbons (Fsp3) is 0.444. The maximum absolute atomic E-state index is 10.8. The van der Waals surface area contributed by atoms with Crippen molar-refractivity contribution in [2.45, 2.75) is 25.8 Å². The normalized spacial score (nSPS) is 12.8. The molecule has 0 saturated carbocycles. The van der Waals surface area contributed by atoms with Gasteiger partial charge in [0, 0.05) is 6.07 Å². The Morgan fingerprint density at radius 1 is 1.58 bits per heavy atom. The molecule has 3 nitrogen and oxygen atoms in total. The zero-order valence-electron chi connectivity index (χ0n) is 7.12. The van der Waals surface area contributed by atoms with E-state index < -0.39 is 0 Å². The second kappa shape index (κ2) is 4.07. The SMILES string of the molecule is CCC[C@@H](N)c1cccc(=O)o1. The third kappa shape index (κ3) is 2.20. The highest BCUT2D eigenvalue weighted by atomic mass is 16.4. The minimum absolute atomic E-state index is 0.149. The lowest BCUT2D eigenvalue weighted by Gasteiger charge is -2.07. The zero-order chi connectivity index (χ0) is 8.97. The van der Waals surface area contributed by atoms with Crippen LogP contribution in [0.25, 0.3) is 0 Å². The van der Waals surface area contributed by atoms with E-state index in [4.69, 9.17) is 10.2 Å². The highest BCUT2D eigenvalue weighted by Crippen LogP contribution is 2.12. The van der Waals surface area contributed by atoms with Crippen molar-refractivity contribution in [1.29, 1.82) is 0 Å². The first-order valence-corrected chi connectivity index (χ1v) is 4.09. The Hall–Kier alpha value is -1.09. The summed E-state index contributed by atoms with van der Waals surface area (Å²) in [6, 6.07) is 4.63. The second-order valence-corrected chi connectivity index (χ2v) is 2.74. The molecule has 0 saturated heterocycles. The highest BCUT2D eigenvalue weighted by molar-refractivity contribution is 5.03. The van der Waals surface area contributed by atoms with Crippen molar-refractivity contribution in [3.8, 4) is 0 Å². The lowest BCUT2D eigenvalue weighted by molar-refractivity contribution is 0.412. The summed E-state index contributed by atoms with van der Waals surface area (Å²) in [7, 11) is 0. The maximum Gasteiger partial charge on any atom is 0.335 e. The molecule has 0 amide bonds. The van der Waals surface area contributed by atoms with Crippen LogP contribution < -0.4 is 11.4 Å². The van der Waals surface area contributed by atoms with Crippen molar-refractivity contribution in [2.75, 3.05) is 0 Å². The van der Waals surface area contributed by atoms with E-state index in [1.54, 1.807) is 12.1 Å². The van der Waals surface area contributed by atoms with Gasteiger partial charge in [-0.3, -0.25) is 0 Å². The van der Waals surface area contributed by atoms with Crippen molar-refractivity contribution in [3.05, 3.63) is 34.4 Å². The van der Waals surface area contributed by atoms with Crippen LogP contribution in [-0.2, 0) is 0 Å². The summed E-state index contributed by atoms with van der Waals surface area (Å²) >= 11 is 0. The van der Waals surface area contributed by atoms with Gasteiger partial charge in [-0.25, -0.2) is 4.79 Å². The molecule has 0 aliphatic heterocycles. The van der Waals surface area contributed by atoms with Gasteiger partial charge in [0.1, 0.15) is 5.76 Å². The van der Waals surface area contributed by atoms with E-state index in [2.05, 4.69) is 0 Å². The molecule has 12 heavy (non-hydrogen) atoms. The summed E-state index contributed by atoms with van der Waals surface area (Å²) in [6.45, 7) is 2.04. The molecule has 0 aliphatic rings. The highest BCUT2D eigenvalue weighted by Gasteiger charge is 2.06. The van der Waals surface area contributed by atoms with E-state index in [1.807, 2.05) is 6.92 Å². The molecule has 3 heteroatoms. The zero-order valence-corrected chi connectivity index (χ0v) is 7.12. The van der Waals surface area contributed by atoms with Crippen molar-refractivity contribution in [3.63, 3.8) is 0 Å². The average Bonchev–Trinajstić information content (AvgIpc) is 2.05. The van der Waals surface area contributed by atoms with Crippen LogP contribution in [0.1, 0.15) is 31.6 Å². The van der Waals surface area contributed by atoms with Gasteiger partial charge in [0.2, 0.25) is 0 Å². The Kier molecular flexibility index (Phi) is 3.05. The van der Waals surface area contributed by atoms with Crippen molar-refractivity contribution in [1.82, 2.24) is 0 Å². The van der Waals surface area contributed by atoms with E-state index >= 15 is 0 Å². The van der Waals surface area contributed by atoms with Crippen LogP contribution in [0, 0.1) is 0 Å². The molecule has 2 N–H and O–H groups in total. The van der Waals surface area contributed by atoms with E-state index in [0.717, 1.165) is 12.8 Å². The number of hydrogen-bond acceptors (Lipinski definition) is 3. The fourth-order valence-corrected chi connectivity index (χ4v) is 1.06. The molecular formula is C9H13NO2. The summed E-state index contributed by atoms with van der Waals surface area (Å²) in [4.78, 5) is 10.8. The van der Waals surface area contributed by atoms with Crippen LogP contribution >= 0.6 is 0 Å². The molecular weight excluding hydrogens is 154 g/mol. The van der Waals surface area contributed by atoms with Gasteiger partial charge in [-0.1, -0.05) is 19.4 Å². The van der Waals surface area contributed by atoms with E-state index in [9.17, 15) is 4.79 Å². The predicted octanol–water partition coefficient (Wildman–Crippen LogP) is 1.44. The van der Waals surface area contributed by atoms with Crippen molar-refractivity contribution in [2.24, 2.45) is 5.73 Å². The van der Waals surface area contributed by atoms with Crippen LogP contribution in [0.2, 0.25) is 0 Å². The van der Waals surface area contributed by atoms with Crippen LogP contribution in [0.4, 0.5) is 0 Å². The van der Waals surface area contributed by atoms with Crippen LogP contribution in [0.3, 0.4) is 0 Å². The summed E-state index contributed by atoms with van der Waals surface area (Å²) in [6.07, 6.45) is 1.83. The Morgan fingerprint density at radius 3 is 2.92 bits per heavy atom. The minimum atomic E-state index is -0.334. The second-order valence-electron chi connectivity index (χ2n) is 2.74. The molecule has 0 aromatic carbocycles. The first kappa shape index (κ1) is 9.00. The molecule has 0 spiro atoms. The number of nitrogens with two attached hydrogens (primary N) is 1. The Morgan fingerprint density at radius 2 is 2.33 bits per heavy atom. The first-order chi connectivity index (χ1) is 5.74. The third-order valence-corrected chi connectivity index (χ3v) is 1.68. The summed E-state index contributed by atoms with van der Waals surface area (Å²) in [5.41, 5.74) is 5.41. The molecule has 1 aromatic heterocycles.